The third-order valence-corrected chi connectivity index (χ3v) is 2.59. The summed E-state index contributed by atoms with van der Waals surface area (Å²) in [5.41, 5.74) is 2.76. The zero-order chi connectivity index (χ0) is 14.2. The van der Waals surface area contributed by atoms with Crippen molar-refractivity contribution in [3.05, 3.63) is 66.2 Å². The van der Waals surface area contributed by atoms with Gasteiger partial charge >= 0.3 is 0 Å². The second-order valence-corrected chi connectivity index (χ2v) is 4.28. The van der Waals surface area contributed by atoms with Crippen molar-refractivity contribution in [3.8, 4) is 0 Å². The summed E-state index contributed by atoms with van der Waals surface area (Å²) < 4.78 is 0. The molecule has 0 atom stereocenters. The molecule has 0 spiro atoms. The molecule has 0 fully saturated rings. The van der Waals surface area contributed by atoms with Crippen molar-refractivity contribution in [1.29, 1.82) is 0 Å². The summed E-state index contributed by atoms with van der Waals surface area (Å²) in [6.45, 7) is 1.49. The van der Waals surface area contributed by atoms with Crippen LogP contribution in [0.3, 0.4) is 0 Å². The topological polar surface area (TPSA) is 41.5 Å². The van der Waals surface area contributed by atoms with Crippen LogP contribution in [0.1, 0.15) is 12.5 Å². The number of nitrogens with zero attached hydrogens (tertiary/aromatic N) is 1. The Morgan fingerprint density at radius 1 is 1.05 bits per heavy atom. The molecule has 0 radical (unpaired) electrons. The summed E-state index contributed by atoms with van der Waals surface area (Å²) in [5.74, 6) is -0.0768. The van der Waals surface area contributed by atoms with E-state index in [9.17, 15) is 4.79 Å². The standard InChI is InChI=1S/C17H16N2O/c1-14(20)19-17-11-9-16(10-12-17)18-13-5-8-15-6-3-2-4-7-15/h2-13H,1H3,(H,19,20). The van der Waals surface area contributed by atoms with E-state index in [2.05, 4.69) is 10.3 Å². The third-order valence-electron chi connectivity index (χ3n) is 2.59. The van der Waals surface area contributed by atoms with Gasteiger partial charge < -0.3 is 5.32 Å². The number of hydrogen-bond acceptors (Lipinski definition) is 2. The smallest absolute Gasteiger partial charge is 0.221 e. The van der Waals surface area contributed by atoms with E-state index >= 15 is 0 Å². The minimum Gasteiger partial charge on any atom is -0.326 e. The van der Waals surface area contributed by atoms with E-state index in [0.29, 0.717) is 0 Å². The van der Waals surface area contributed by atoms with Gasteiger partial charge in [0, 0.05) is 18.8 Å². The summed E-state index contributed by atoms with van der Waals surface area (Å²) >= 11 is 0. The summed E-state index contributed by atoms with van der Waals surface area (Å²) in [4.78, 5) is 15.2. The average Bonchev–Trinajstić information content (AvgIpc) is 2.46. The van der Waals surface area contributed by atoms with Crippen molar-refractivity contribution < 1.29 is 4.79 Å². The molecular formula is C17H16N2O. The fourth-order valence-electron chi connectivity index (χ4n) is 1.68. The number of benzene rings is 2. The van der Waals surface area contributed by atoms with Gasteiger partial charge in [0.2, 0.25) is 5.91 Å². The Hall–Kier alpha value is -2.68. The highest BCUT2D eigenvalue weighted by molar-refractivity contribution is 5.89. The molecule has 3 nitrogen and oxygen atoms in total. The minimum absolute atomic E-state index is 0.0768. The molecule has 1 amide bonds. The average molecular weight is 264 g/mol. The van der Waals surface area contributed by atoms with E-state index in [1.54, 1.807) is 6.21 Å². The molecule has 0 aliphatic rings. The number of carbonyl (C=O) groups is 1. The SMILES string of the molecule is CC(=O)Nc1ccc(N=CC=Cc2ccccc2)cc1. The molecule has 0 aliphatic carbocycles. The van der Waals surface area contributed by atoms with Crippen LogP contribution >= 0.6 is 0 Å². The van der Waals surface area contributed by atoms with Crippen LogP contribution < -0.4 is 5.32 Å². The number of amides is 1. The van der Waals surface area contributed by atoms with E-state index in [1.165, 1.54) is 6.92 Å². The van der Waals surface area contributed by atoms with E-state index in [-0.39, 0.29) is 5.91 Å². The number of carbonyl (C=O) groups excluding carboxylic acids is 1. The van der Waals surface area contributed by atoms with E-state index in [0.717, 1.165) is 16.9 Å². The molecule has 0 heterocycles. The highest BCUT2D eigenvalue weighted by Crippen LogP contribution is 2.15. The van der Waals surface area contributed by atoms with Gasteiger partial charge in [0.05, 0.1) is 5.69 Å². The fourth-order valence-corrected chi connectivity index (χ4v) is 1.68. The third kappa shape index (κ3) is 4.53. The normalized spacial score (nSPS) is 11.1. The largest absolute Gasteiger partial charge is 0.326 e. The number of allylic oxidation sites excluding steroid dienone is 1. The second-order valence-electron chi connectivity index (χ2n) is 4.28. The van der Waals surface area contributed by atoms with Gasteiger partial charge in [-0.15, -0.1) is 0 Å². The van der Waals surface area contributed by atoms with Crippen molar-refractivity contribution in [2.24, 2.45) is 4.99 Å². The van der Waals surface area contributed by atoms with Crippen LogP contribution in [0.5, 0.6) is 0 Å². The zero-order valence-corrected chi connectivity index (χ0v) is 11.3. The van der Waals surface area contributed by atoms with Crippen LogP contribution in [0.25, 0.3) is 6.08 Å². The summed E-state index contributed by atoms with van der Waals surface area (Å²) in [5, 5.41) is 2.72. The number of rotatable bonds is 4. The zero-order valence-electron chi connectivity index (χ0n) is 11.3. The maximum atomic E-state index is 10.9. The Labute approximate surface area is 118 Å². The molecule has 2 aromatic rings. The predicted molar refractivity (Wildman–Crippen MR) is 84.4 cm³/mol. The number of hydrogen-bond donors (Lipinski definition) is 1. The lowest BCUT2D eigenvalue weighted by atomic mass is 10.2. The quantitative estimate of drug-likeness (QED) is 0.831. The first kappa shape index (κ1) is 13.7. The Morgan fingerprint density at radius 3 is 2.40 bits per heavy atom. The number of nitrogens with one attached hydrogen (secondary N) is 1. The van der Waals surface area contributed by atoms with Gasteiger partial charge in [0.25, 0.3) is 0 Å². The van der Waals surface area contributed by atoms with Crippen LogP contribution in [-0.2, 0) is 4.79 Å². The monoisotopic (exact) mass is 264 g/mol. The molecule has 20 heavy (non-hydrogen) atoms. The molecule has 0 aliphatic heterocycles. The molecule has 100 valence electrons. The van der Waals surface area contributed by atoms with Crippen LogP contribution in [0.4, 0.5) is 11.4 Å². The molecule has 0 bridgehead atoms. The first-order valence-corrected chi connectivity index (χ1v) is 6.37. The van der Waals surface area contributed by atoms with Gasteiger partial charge in [0.1, 0.15) is 0 Å². The first-order valence-electron chi connectivity index (χ1n) is 6.37. The number of anilines is 1. The van der Waals surface area contributed by atoms with Gasteiger partial charge in [0.15, 0.2) is 0 Å². The van der Waals surface area contributed by atoms with Crippen molar-refractivity contribution in [3.63, 3.8) is 0 Å². The molecule has 3 heteroatoms. The van der Waals surface area contributed by atoms with Crippen molar-refractivity contribution in [2.75, 3.05) is 5.32 Å². The molecule has 0 saturated heterocycles. The van der Waals surface area contributed by atoms with Crippen LogP contribution in [-0.4, -0.2) is 12.1 Å². The fraction of sp³-hybridized carbons (Fsp3) is 0.0588. The van der Waals surface area contributed by atoms with Gasteiger partial charge in [-0.3, -0.25) is 9.79 Å². The van der Waals surface area contributed by atoms with Crippen molar-refractivity contribution >= 4 is 29.6 Å². The maximum Gasteiger partial charge on any atom is 0.221 e. The lowest BCUT2D eigenvalue weighted by Crippen LogP contribution is -2.04. The van der Waals surface area contributed by atoms with Crippen LogP contribution in [0, 0.1) is 0 Å². The predicted octanol–water partition coefficient (Wildman–Crippen LogP) is 4.06. The van der Waals surface area contributed by atoms with E-state index < -0.39 is 0 Å². The Balaban J connectivity index is 1.94. The maximum absolute atomic E-state index is 10.9. The van der Waals surface area contributed by atoms with Crippen molar-refractivity contribution in [1.82, 2.24) is 0 Å². The Bertz CT molecular complexity index is 613. The van der Waals surface area contributed by atoms with Crippen LogP contribution in [0.15, 0.2) is 65.7 Å². The highest BCUT2D eigenvalue weighted by atomic mass is 16.1. The minimum atomic E-state index is -0.0768. The summed E-state index contributed by atoms with van der Waals surface area (Å²) in [7, 11) is 0. The van der Waals surface area contributed by atoms with Gasteiger partial charge in [-0.2, -0.15) is 0 Å². The number of aliphatic imine (C=N–C) groups is 1. The molecule has 0 unspecified atom stereocenters. The second kappa shape index (κ2) is 7.04. The summed E-state index contributed by atoms with van der Waals surface area (Å²) in [6, 6.07) is 17.4. The van der Waals surface area contributed by atoms with Gasteiger partial charge in [-0.25, -0.2) is 0 Å². The molecule has 0 saturated carbocycles. The highest BCUT2D eigenvalue weighted by Gasteiger charge is 1.94. The molecule has 1 N–H and O–H groups in total. The first-order chi connectivity index (χ1) is 9.74. The molecule has 0 aromatic heterocycles. The lowest BCUT2D eigenvalue weighted by Gasteiger charge is -2.01. The summed E-state index contributed by atoms with van der Waals surface area (Å²) in [6.07, 6.45) is 5.65. The Kier molecular flexibility index (Phi) is 4.84. The molecule has 2 rings (SSSR count). The van der Waals surface area contributed by atoms with Crippen LogP contribution in [0.2, 0.25) is 0 Å². The van der Waals surface area contributed by atoms with E-state index in [4.69, 9.17) is 0 Å². The Morgan fingerprint density at radius 2 is 1.75 bits per heavy atom. The molecule has 2 aromatic carbocycles. The van der Waals surface area contributed by atoms with E-state index in [1.807, 2.05) is 66.7 Å². The molecular weight excluding hydrogens is 248 g/mol. The van der Waals surface area contributed by atoms with Gasteiger partial charge in [-0.1, -0.05) is 36.4 Å². The van der Waals surface area contributed by atoms with Gasteiger partial charge in [-0.05, 0) is 35.9 Å². The van der Waals surface area contributed by atoms with Crippen molar-refractivity contribution in [2.45, 2.75) is 6.92 Å². The lowest BCUT2D eigenvalue weighted by molar-refractivity contribution is -0.114.